The predicted octanol–water partition coefficient (Wildman–Crippen LogP) is 3.78. The number of benzene rings is 2. The molecule has 1 aliphatic rings. The van der Waals surface area contributed by atoms with Gasteiger partial charge in [0.15, 0.2) is 0 Å². The first-order valence-corrected chi connectivity index (χ1v) is 9.79. The van der Waals surface area contributed by atoms with Crippen LogP contribution >= 0.6 is 0 Å². The smallest absolute Gasteiger partial charge is 0.207 e. The number of aryl methyl sites for hydroxylation is 1. The molecule has 1 saturated heterocycles. The van der Waals surface area contributed by atoms with Gasteiger partial charge in [-0.2, -0.15) is 9.57 Å². The molecule has 0 bridgehead atoms. The molecule has 5 heteroatoms. The SMILES string of the molecule is C=CC1CN(S(=O)(=O)c2ccc(C)cc2)C/C1=C(/C#N)c1ccccc1. The van der Waals surface area contributed by atoms with Crippen molar-refractivity contribution >= 4 is 15.6 Å². The summed E-state index contributed by atoms with van der Waals surface area (Å²) in [4.78, 5) is 0.269. The van der Waals surface area contributed by atoms with E-state index in [0.717, 1.165) is 16.7 Å². The molecular formula is C21H20N2O2S. The van der Waals surface area contributed by atoms with E-state index in [-0.39, 0.29) is 17.4 Å². The lowest BCUT2D eigenvalue weighted by molar-refractivity contribution is 0.471. The summed E-state index contributed by atoms with van der Waals surface area (Å²) >= 11 is 0. The van der Waals surface area contributed by atoms with Gasteiger partial charge in [0.05, 0.1) is 16.5 Å². The fraction of sp³-hybridized carbons (Fsp3) is 0.190. The monoisotopic (exact) mass is 364 g/mol. The summed E-state index contributed by atoms with van der Waals surface area (Å²) in [5, 5.41) is 9.68. The van der Waals surface area contributed by atoms with E-state index in [1.165, 1.54) is 4.31 Å². The Morgan fingerprint density at radius 3 is 2.42 bits per heavy atom. The first kappa shape index (κ1) is 18.1. The van der Waals surface area contributed by atoms with Gasteiger partial charge in [-0.1, -0.05) is 54.1 Å². The van der Waals surface area contributed by atoms with Gasteiger partial charge in [0.1, 0.15) is 0 Å². The Hall–Kier alpha value is -2.68. The Kier molecular flexibility index (Phi) is 5.08. The molecule has 0 N–H and O–H groups in total. The molecule has 0 amide bonds. The van der Waals surface area contributed by atoms with E-state index in [2.05, 4.69) is 12.6 Å². The van der Waals surface area contributed by atoms with Crippen molar-refractivity contribution in [3.63, 3.8) is 0 Å². The molecule has 1 unspecified atom stereocenters. The van der Waals surface area contributed by atoms with Crippen molar-refractivity contribution in [3.05, 3.63) is 84.0 Å². The zero-order valence-corrected chi connectivity index (χ0v) is 15.4. The minimum absolute atomic E-state index is 0.176. The van der Waals surface area contributed by atoms with Crippen molar-refractivity contribution in [2.24, 2.45) is 5.92 Å². The van der Waals surface area contributed by atoms with Gasteiger partial charge in [-0.15, -0.1) is 6.58 Å². The third-order valence-corrected chi connectivity index (χ3v) is 6.46. The molecule has 1 fully saturated rings. The fourth-order valence-electron chi connectivity index (χ4n) is 3.15. The molecule has 0 radical (unpaired) electrons. The summed E-state index contributed by atoms with van der Waals surface area (Å²) in [5.41, 5.74) is 3.12. The second-order valence-electron chi connectivity index (χ2n) is 6.33. The van der Waals surface area contributed by atoms with E-state index in [1.54, 1.807) is 30.3 Å². The molecular weight excluding hydrogens is 344 g/mol. The highest BCUT2D eigenvalue weighted by Gasteiger charge is 2.36. The average Bonchev–Trinajstić information content (AvgIpc) is 3.08. The summed E-state index contributed by atoms with van der Waals surface area (Å²) in [6.45, 7) is 6.25. The number of hydrogen-bond donors (Lipinski definition) is 0. The third-order valence-electron chi connectivity index (χ3n) is 4.63. The van der Waals surface area contributed by atoms with Crippen molar-refractivity contribution in [2.75, 3.05) is 13.1 Å². The average molecular weight is 364 g/mol. The van der Waals surface area contributed by atoms with Gasteiger partial charge >= 0.3 is 0 Å². The maximum atomic E-state index is 13.0. The zero-order valence-electron chi connectivity index (χ0n) is 14.6. The van der Waals surface area contributed by atoms with Crippen LogP contribution in [0.15, 0.2) is 77.7 Å². The van der Waals surface area contributed by atoms with Crippen molar-refractivity contribution < 1.29 is 8.42 Å². The summed E-state index contributed by atoms with van der Waals surface area (Å²) in [5.74, 6) is -0.176. The lowest BCUT2D eigenvalue weighted by atomic mass is 9.94. The molecule has 0 aliphatic carbocycles. The molecule has 0 spiro atoms. The van der Waals surface area contributed by atoms with Gasteiger partial charge < -0.3 is 0 Å². The zero-order chi connectivity index (χ0) is 18.7. The molecule has 1 heterocycles. The van der Waals surface area contributed by atoms with Crippen molar-refractivity contribution in [2.45, 2.75) is 11.8 Å². The van der Waals surface area contributed by atoms with E-state index in [4.69, 9.17) is 0 Å². The molecule has 0 saturated carbocycles. The molecule has 1 atom stereocenters. The Morgan fingerprint density at radius 2 is 1.85 bits per heavy atom. The van der Waals surface area contributed by atoms with E-state index < -0.39 is 10.0 Å². The number of rotatable bonds is 4. The minimum atomic E-state index is -3.61. The molecule has 132 valence electrons. The van der Waals surface area contributed by atoms with E-state index in [9.17, 15) is 13.7 Å². The highest BCUT2D eigenvalue weighted by Crippen LogP contribution is 2.34. The number of hydrogen-bond acceptors (Lipinski definition) is 3. The van der Waals surface area contributed by atoms with Crippen molar-refractivity contribution in [1.82, 2.24) is 4.31 Å². The first-order valence-electron chi connectivity index (χ1n) is 8.35. The normalized spacial score (nSPS) is 19.8. The summed E-state index contributed by atoms with van der Waals surface area (Å²) in [6, 6.07) is 18.4. The largest absolute Gasteiger partial charge is 0.243 e. The van der Waals surface area contributed by atoms with E-state index >= 15 is 0 Å². The molecule has 4 nitrogen and oxygen atoms in total. The summed E-state index contributed by atoms with van der Waals surface area (Å²) in [6.07, 6.45) is 1.72. The molecule has 2 aromatic carbocycles. The van der Waals surface area contributed by atoms with Gasteiger partial charge in [0, 0.05) is 19.0 Å². The highest BCUT2D eigenvalue weighted by molar-refractivity contribution is 7.89. The van der Waals surface area contributed by atoms with Crippen LogP contribution in [0.25, 0.3) is 5.57 Å². The molecule has 2 aromatic rings. The van der Waals surface area contributed by atoms with Gasteiger partial charge in [-0.3, -0.25) is 0 Å². The van der Waals surface area contributed by atoms with Crippen LogP contribution in [0.3, 0.4) is 0 Å². The van der Waals surface area contributed by atoms with Gasteiger partial charge in [0.25, 0.3) is 0 Å². The van der Waals surface area contributed by atoms with Crippen molar-refractivity contribution in [3.8, 4) is 6.07 Å². The fourth-order valence-corrected chi connectivity index (χ4v) is 4.60. The van der Waals surface area contributed by atoms with Crippen LogP contribution in [0.5, 0.6) is 0 Å². The molecule has 1 aliphatic heterocycles. The van der Waals surface area contributed by atoms with Crippen LogP contribution in [0.2, 0.25) is 0 Å². The van der Waals surface area contributed by atoms with Gasteiger partial charge in [-0.25, -0.2) is 8.42 Å². The third kappa shape index (κ3) is 3.34. The van der Waals surface area contributed by atoms with Crippen LogP contribution in [-0.2, 0) is 10.0 Å². The van der Waals surface area contributed by atoms with Crippen LogP contribution in [-0.4, -0.2) is 25.8 Å². The Morgan fingerprint density at radius 1 is 1.19 bits per heavy atom. The first-order chi connectivity index (χ1) is 12.5. The second kappa shape index (κ2) is 7.28. The van der Waals surface area contributed by atoms with E-state index in [1.807, 2.05) is 37.3 Å². The molecule has 3 rings (SSSR count). The Labute approximate surface area is 154 Å². The summed E-state index contributed by atoms with van der Waals surface area (Å²) in [7, 11) is -3.61. The Balaban J connectivity index is 2.02. The summed E-state index contributed by atoms with van der Waals surface area (Å²) < 4.78 is 27.4. The number of nitrogens with zero attached hydrogens (tertiary/aromatic N) is 2. The lowest BCUT2D eigenvalue weighted by Crippen LogP contribution is -2.28. The molecule has 26 heavy (non-hydrogen) atoms. The number of nitriles is 1. The van der Waals surface area contributed by atoms with Crippen molar-refractivity contribution in [1.29, 1.82) is 5.26 Å². The van der Waals surface area contributed by atoms with Crippen LogP contribution in [0.1, 0.15) is 11.1 Å². The molecule has 0 aromatic heterocycles. The maximum Gasteiger partial charge on any atom is 0.243 e. The minimum Gasteiger partial charge on any atom is -0.207 e. The Bertz CT molecular complexity index is 985. The van der Waals surface area contributed by atoms with Gasteiger partial charge in [-0.05, 0) is 30.2 Å². The second-order valence-corrected chi connectivity index (χ2v) is 8.27. The number of allylic oxidation sites excluding steroid dienone is 1. The highest BCUT2D eigenvalue weighted by atomic mass is 32.2. The standard InChI is InChI=1S/C21H20N2O2S/c1-3-17-14-23(26(24,25)19-11-9-16(2)10-12-19)15-21(17)20(13-22)18-7-5-4-6-8-18/h3-12,17H,1,14-15H2,2H3/b21-20+. The van der Waals surface area contributed by atoms with Crippen LogP contribution in [0, 0.1) is 24.2 Å². The topological polar surface area (TPSA) is 61.2 Å². The number of sulfonamides is 1. The van der Waals surface area contributed by atoms with E-state index in [0.29, 0.717) is 12.1 Å². The maximum absolute atomic E-state index is 13.0. The van der Waals surface area contributed by atoms with Crippen LogP contribution in [0.4, 0.5) is 0 Å². The van der Waals surface area contributed by atoms with Gasteiger partial charge in [0.2, 0.25) is 10.0 Å². The lowest BCUT2D eigenvalue weighted by Gasteiger charge is -2.15. The quantitative estimate of drug-likeness (QED) is 0.613. The van der Waals surface area contributed by atoms with Crippen LogP contribution < -0.4 is 0 Å². The predicted molar refractivity (Wildman–Crippen MR) is 103 cm³/mol.